The first kappa shape index (κ1) is 15.7. The summed E-state index contributed by atoms with van der Waals surface area (Å²) in [7, 11) is -1.92. The number of ether oxygens (including phenoxy) is 1. The van der Waals surface area contributed by atoms with Gasteiger partial charge in [-0.05, 0) is 6.07 Å². The van der Waals surface area contributed by atoms with E-state index in [2.05, 4.69) is 14.8 Å². The monoisotopic (exact) mass is 290 g/mol. The first-order valence-corrected chi connectivity index (χ1v) is 7.47. The van der Waals surface area contributed by atoms with Crippen molar-refractivity contribution in [1.29, 1.82) is 0 Å². The molecule has 0 amide bonds. The number of carbonyl (C=O) groups is 1. The minimum absolute atomic E-state index is 0.00852. The predicted molar refractivity (Wildman–Crippen MR) is 69.2 cm³/mol. The normalized spacial score (nSPS) is 11.5. The van der Waals surface area contributed by atoms with Gasteiger partial charge in [0.2, 0.25) is 10.0 Å². The topological polar surface area (TPSA) is 97.6 Å². The molecule has 0 unspecified atom stereocenters. The third kappa shape index (κ3) is 5.41. The van der Waals surface area contributed by atoms with Gasteiger partial charge in [-0.15, -0.1) is 0 Å². The maximum Gasteiger partial charge on any atom is 0.341 e. The van der Waals surface area contributed by atoms with Crippen LogP contribution in [0.5, 0.6) is 0 Å². The number of methoxy groups -OCH3 is 1. The van der Waals surface area contributed by atoms with Gasteiger partial charge in [0, 0.05) is 13.1 Å². The molecule has 0 saturated heterocycles. The van der Waals surface area contributed by atoms with Crippen LogP contribution >= 0.6 is 0 Å². The van der Waals surface area contributed by atoms with Gasteiger partial charge in [-0.2, -0.15) is 0 Å². The standard InChI is InChI=1S/C11H18N2O5S/c1-3-13-19(15,16)5-4-12-7-10-6-9(8-18-10)11(14)17-2/h6,8,12-13H,3-5,7H2,1-2H3. The number of sulfonamides is 1. The number of esters is 1. The summed E-state index contributed by atoms with van der Waals surface area (Å²) in [5.41, 5.74) is 0.333. The lowest BCUT2D eigenvalue weighted by Crippen LogP contribution is -2.31. The summed E-state index contributed by atoms with van der Waals surface area (Å²) in [5, 5.41) is 2.92. The van der Waals surface area contributed by atoms with Crippen LogP contribution in [0.3, 0.4) is 0 Å². The Bertz CT molecular complexity index is 509. The van der Waals surface area contributed by atoms with Gasteiger partial charge in [0.15, 0.2) is 0 Å². The highest BCUT2D eigenvalue weighted by Crippen LogP contribution is 2.08. The number of rotatable bonds is 8. The van der Waals surface area contributed by atoms with Gasteiger partial charge in [-0.1, -0.05) is 6.92 Å². The summed E-state index contributed by atoms with van der Waals surface area (Å²) >= 11 is 0. The molecule has 1 aromatic heterocycles. The molecule has 0 aliphatic heterocycles. The maximum atomic E-state index is 11.3. The second kappa shape index (κ2) is 7.27. The quantitative estimate of drug-likeness (QED) is 0.520. The molecule has 0 aromatic carbocycles. The second-order valence-electron chi connectivity index (χ2n) is 3.79. The Kier molecular flexibility index (Phi) is 6.00. The fourth-order valence-electron chi connectivity index (χ4n) is 1.41. The molecule has 0 atom stereocenters. The van der Waals surface area contributed by atoms with Crippen LogP contribution in [-0.4, -0.2) is 40.3 Å². The maximum absolute atomic E-state index is 11.3. The van der Waals surface area contributed by atoms with Crippen LogP contribution in [0.1, 0.15) is 23.0 Å². The van der Waals surface area contributed by atoms with E-state index in [9.17, 15) is 13.2 Å². The van der Waals surface area contributed by atoms with Crippen LogP contribution in [0.15, 0.2) is 16.7 Å². The molecule has 0 aliphatic rings. The third-order valence-electron chi connectivity index (χ3n) is 2.29. The molecule has 108 valence electrons. The summed E-state index contributed by atoms with van der Waals surface area (Å²) in [6.07, 6.45) is 1.30. The van der Waals surface area contributed by atoms with Crippen molar-refractivity contribution in [1.82, 2.24) is 10.0 Å². The van der Waals surface area contributed by atoms with E-state index < -0.39 is 16.0 Å². The molecule has 0 aliphatic carbocycles. The molecule has 7 nitrogen and oxygen atoms in total. The van der Waals surface area contributed by atoms with Crippen molar-refractivity contribution in [3.63, 3.8) is 0 Å². The zero-order valence-electron chi connectivity index (χ0n) is 10.9. The van der Waals surface area contributed by atoms with E-state index in [-0.39, 0.29) is 5.75 Å². The lowest BCUT2D eigenvalue weighted by molar-refractivity contribution is 0.0600. The summed E-state index contributed by atoms with van der Waals surface area (Å²) < 4.78 is 34.8. The Balaban J connectivity index is 2.34. The minimum Gasteiger partial charge on any atom is -0.467 e. The molecular weight excluding hydrogens is 272 g/mol. The van der Waals surface area contributed by atoms with E-state index in [4.69, 9.17) is 4.42 Å². The van der Waals surface area contributed by atoms with Crippen molar-refractivity contribution in [3.8, 4) is 0 Å². The van der Waals surface area contributed by atoms with Crippen molar-refractivity contribution in [2.24, 2.45) is 0 Å². The molecule has 0 fully saturated rings. The Morgan fingerprint density at radius 2 is 2.21 bits per heavy atom. The summed E-state index contributed by atoms with van der Waals surface area (Å²) in [4.78, 5) is 11.2. The fourth-order valence-corrected chi connectivity index (χ4v) is 2.41. The molecule has 8 heteroatoms. The average molecular weight is 290 g/mol. The number of furan rings is 1. The summed E-state index contributed by atoms with van der Waals surface area (Å²) in [5.74, 6) is 0.0664. The molecule has 19 heavy (non-hydrogen) atoms. The first-order valence-electron chi connectivity index (χ1n) is 5.82. The highest BCUT2D eigenvalue weighted by molar-refractivity contribution is 7.89. The lowest BCUT2D eigenvalue weighted by atomic mass is 10.3. The van der Waals surface area contributed by atoms with Crippen molar-refractivity contribution in [2.75, 3.05) is 26.0 Å². The van der Waals surface area contributed by atoms with E-state index in [1.165, 1.54) is 13.4 Å². The number of nitrogens with one attached hydrogen (secondary N) is 2. The van der Waals surface area contributed by atoms with Crippen LogP contribution in [0, 0.1) is 0 Å². The smallest absolute Gasteiger partial charge is 0.341 e. The third-order valence-corrected chi connectivity index (χ3v) is 3.76. The molecule has 2 N–H and O–H groups in total. The van der Waals surface area contributed by atoms with E-state index in [0.29, 0.717) is 31.0 Å². The van der Waals surface area contributed by atoms with Crippen molar-refractivity contribution in [2.45, 2.75) is 13.5 Å². The van der Waals surface area contributed by atoms with Crippen LogP contribution in [0.25, 0.3) is 0 Å². The Morgan fingerprint density at radius 1 is 1.47 bits per heavy atom. The second-order valence-corrected chi connectivity index (χ2v) is 5.71. The number of hydrogen-bond acceptors (Lipinski definition) is 6. The van der Waals surface area contributed by atoms with Crippen LogP contribution in [0.2, 0.25) is 0 Å². The van der Waals surface area contributed by atoms with Gasteiger partial charge in [-0.25, -0.2) is 17.9 Å². The largest absolute Gasteiger partial charge is 0.467 e. The predicted octanol–water partition coefficient (Wildman–Crippen LogP) is 0.0951. The van der Waals surface area contributed by atoms with Crippen LogP contribution < -0.4 is 10.0 Å². The molecule has 0 spiro atoms. The van der Waals surface area contributed by atoms with Gasteiger partial charge < -0.3 is 14.5 Å². The first-order chi connectivity index (χ1) is 8.98. The summed E-state index contributed by atoms with van der Waals surface area (Å²) in [6.45, 7) is 2.74. The highest BCUT2D eigenvalue weighted by atomic mass is 32.2. The average Bonchev–Trinajstić information content (AvgIpc) is 2.82. The summed E-state index contributed by atoms with van der Waals surface area (Å²) in [6, 6.07) is 1.55. The van der Waals surface area contributed by atoms with E-state index in [1.54, 1.807) is 13.0 Å². The SMILES string of the molecule is CCNS(=O)(=O)CCNCc1cc(C(=O)OC)co1. The number of carbonyl (C=O) groups excluding carboxylic acids is 1. The van der Waals surface area contributed by atoms with E-state index >= 15 is 0 Å². The Hall–Kier alpha value is -1.38. The van der Waals surface area contributed by atoms with Gasteiger partial charge in [0.05, 0.1) is 25.0 Å². The lowest BCUT2D eigenvalue weighted by Gasteiger charge is -2.04. The Labute approximate surface area is 112 Å². The molecule has 1 rings (SSSR count). The van der Waals surface area contributed by atoms with Gasteiger partial charge in [0.25, 0.3) is 0 Å². The molecule has 0 radical (unpaired) electrons. The fraction of sp³-hybridized carbons (Fsp3) is 0.545. The van der Waals surface area contributed by atoms with Crippen molar-refractivity contribution in [3.05, 3.63) is 23.7 Å². The van der Waals surface area contributed by atoms with Crippen LogP contribution in [-0.2, 0) is 21.3 Å². The highest BCUT2D eigenvalue weighted by Gasteiger charge is 2.11. The molecule has 0 saturated carbocycles. The Morgan fingerprint density at radius 3 is 2.84 bits per heavy atom. The number of hydrogen-bond donors (Lipinski definition) is 2. The van der Waals surface area contributed by atoms with Crippen molar-refractivity contribution >= 4 is 16.0 Å². The molecular formula is C11H18N2O5S. The van der Waals surface area contributed by atoms with Gasteiger partial charge in [-0.3, -0.25) is 0 Å². The van der Waals surface area contributed by atoms with Crippen LogP contribution in [0.4, 0.5) is 0 Å². The van der Waals surface area contributed by atoms with Gasteiger partial charge >= 0.3 is 5.97 Å². The minimum atomic E-state index is -3.22. The molecule has 1 aromatic rings. The van der Waals surface area contributed by atoms with Gasteiger partial charge in [0.1, 0.15) is 12.0 Å². The van der Waals surface area contributed by atoms with Crippen molar-refractivity contribution < 1.29 is 22.4 Å². The zero-order chi connectivity index (χ0) is 14.3. The van der Waals surface area contributed by atoms with E-state index in [1.807, 2.05) is 0 Å². The van der Waals surface area contributed by atoms with E-state index in [0.717, 1.165) is 0 Å². The zero-order valence-corrected chi connectivity index (χ0v) is 11.7. The molecule has 0 bridgehead atoms. The molecule has 1 heterocycles.